The Hall–Kier alpha value is -0.870. The van der Waals surface area contributed by atoms with Gasteiger partial charge in [-0.05, 0) is 12.1 Å². The van der Waals surface area contributed by atoms with Gasteiger partial charge in [0.15, 0.2) is 0 Å². The van der Waals surface area contributed by atoms with E-state index in [9.17, 15) is 4.57 Å². The Balaban J connectivity index is 2.37. The highest BCUT2D eigenvalue weighted by Gasteiger charge is 2.13. The molecule has 2 N–H and O–H groups in total. The van der Waals surface area contributed by atoms with Crippen LogP contribution in [0.1, 0.15) is 0 Å². The molecule has 0 saturated carbocycles. The predicted molar refractivity (Wildman–Crippen MR) is 57.7 cm³/mol. The van der Waals surface area contributed by atoms with Crippen LogP contribution >= 0.6 is 7.82 Å². The first-order valence-electron chi connectivity index (χ1n) is 4.45. The lowest BCUT2D eigenvalue weighted by molar-refractivity contribution is 0.201. The van der Waals surface area contributed by atoms with Crippen LogP contribution in [0.5, 0.6) is 0 Å². The molecule has 0 atom stereocenters. The molecule has 0 amide bonds. The molecule has 0 bridgehead atoms. The third-order valence-electron chi connectivity index (χ3n) is 1.88. The number of phosphoric acid groups is 1. The van der Waals surface area contributed by atoms with E-state index in [0.717, 1.165) is 5.69 Å². The normalized spacial score (nSPS) is 11.4. The first-order chi connectivity index (χ1) is 6.99. The molecule has 6 heteroatoms. The molecule has 0 saturated heterocycles. The maximum Gasteiger partial charge on any atom is 0.469 e. The van der Waals surface area contributed by atoms with Crippen LogP contribution in [0.2, 0.25) is 0 Å². The summed E-state index contributed by atoms with van der Waals surface area (Å²) < 4.78 is 14.7. The lowest BCUT2D eigenvalue weighted by atomic mass is 10.3. The molecule has 84 valence electrons. The third-order valence-corrected chi connectivity index (χ3v) is 2.40. The van der Waals surface area contributed by atoms with E-state index in [0.29, 0.717) is 6.54 Å². The van der Waals surface area contributed by atoms with Crippen molar-refractivity contribution in [1.29, 1.82) is 0 Å². The molecule has 0 spiro atoms. The number of benzene rings is 1. The molecule has 0 aliphatic rings. The monoisotopic (exact) mass is 231 g/mol. The summed E-state index contributed by atoms with van der Waals surface area (Å²) in [6.45, 7) is 0.421. The second kappa shape index (κ2) is 5.28. The molecule has 0 fully saturated rings. The average molecular weight is 231 g/mol. The van der Waals surface area contributed by atoms with Crippen LogP contribution in [0.25, 0.3) is 0 Å². The topological polar surface area (TPSA) is 70.0 Å². The first kappa shape index (κ1) is 12.2. The number of likely N-dealkylation sites (N-methyl/N-ethyl adjacent to an activating group) is 1. The van der Waals surface area contributed by atoms with Gasteiger partial charge in [0.1, 0.15) is 0 Å². The molecule has 1 aromatic carbocycles. The SMILES string of the molecule is CN(CCOP(=O)(O)O)c1ccccc1. The van der Waals surface area contributed by atoms with E-state index in [1.807, 2.05) is 42.3 Å². The van der Waals surface area contributed by atoms with Crippen LogP contribution in [-0.2, 0) is 9.09 Å². The largest absolute Gasteiger partial charge is 0.469 e. The van der Waals surface area contributed by atoms with Crippen molar-refractivity contribution < 1.29 is 18.9 Å². The Morgan fingerprint density at radius 2 is 1.93 bits per heavy atom. The molecule has 1 rings (SSSR count). The second-order valence-corrected chi connectivity index (χ2v) is 4.32. The summed E-state index contributed by atoms with van der Waals surface area (Å²) in [7, 11) is -2.51. The van der Waals surface area contributed by atoms with Gasteiger partial charge in [-0.2, -0.15) is 0 Å². The zero-order chi connectivity index (χ0) is 11.3. The minimum absolute atomic E-state index is 0.00429. The molecule has 15 heavy (non-hydrogen) atoms. The number of phosphoric ester groups is 1. The zero-order valence-corrected chi connectivity index (χ0v) is 9.30. The van der Waals surface area contributed by atoms with E-state index in [4.69, 9.17) is 9.79 Å². The molecular formula is C9H14NO4P. The van der Waals surface area contributed by atoms with Crippen LogP contribution < -0.4 is 4.90 Å². The lowest BCUT2D eigenvalue weighted by Gasteiger charge is -2.18. The summed E-state index contributed by atoms with van der Waals surface area (Å²) in [5, 5.41) is 0. The van der Waals surface area contributed by atoms with Crippen LogP contribution in [0.3, 0.4) is 0 Å². The standard InChI is InChI=1S/C9H14NO4P/c1-10(7-8-14-15(11,12)13)9-5-3-2-4-6-9/h2-6H,7-8H2,1H3,(H2,11,12,13). The maximum atomic E-state index is 10.4. The Bertz CT molecular complexity index is 337. The lowest BCUT2D eigenvalue weighted by Crippen LogP contribution is -2.21. The summed E-state index contributed by atoms with van der Waals surface area (Å²) in [5.74, 6) is 0. The summed E-state index contributed by atoms with van der Waals surface area (Å²) in [6, 6.07) is 9.53. The van der Waals surface area contributed by atoms with Gasteiger partial charge in [0.25, 0.3) is 0 Å². The fraction of sp³-hybridized carbons (Fsp3) is 0.333. The maximum absolute atomic E-state index is 10.4. The molecule has 0 radical (unpaired) electrons. The van der Waals surface area contributed by atoms with Crippen LogP contribution in [0.15, 0.2) is 30.3 Å². The summed E-state index contributed by atoms with van der Waals surface area (Å²) in [6.07, 6.45) is 0. The Morgan fingerprint density at radius 1 is 1.33 bits per heavy atom. The summed E-state index contributed by atoms with van der Waals surface area (Å²) in [4.78, 5) is 18.8. The van der Waals surface area contributed by atoms with E-state index in [-0.39, 0.29) is 6.61 Å². The molecule has 0 unspecified atom stereocenters. The first-order valence-corrected chi connectivity index (χ1v) is 5.98. The molecular weight excluding hydrogens is 217 g/mol. The molecule has 0 aliphatic heterocycles. The van der Waals surface area contributed by atoms with Gasteiger partial charge in [-0.1, -0.05) is 18.2 Å². The van der Waals surface area contributed by atoms with Crippen molar-refractivity contribution in [3.8, 4) is 0 Å². The average Bonchev–Trinajstić information content (AvgIpc) is 2.17. The number of hydrogen-bond donors (Lipinski definition) is 2. The van der Waals surface area contributed by atoms with Crippen LogP contribution in [0, 0.1) is 0 Å². The highest BCUT2D eigenvalue weighted by atomic mass is 31.2. The number of nitrogens with zero attached hydrogens (tertiary/aromatic N) is 1. The number of hydrogen-bond acceptors (Lipinski definition) is 3. The molecule has 5 nitrogen and oxygen atoms in total. The second-order valence-electron chi connectivity index (χ2n) is 3.08. The molecule has 0 aliphatic carbocycles. The Morgan fingerprint density at radius 3 is 2.47 bits per heavy atom. The number of para-hydroxylation sites is 1. The van der Waals surface area contributed by atoms with Crippen molar-refractivity contribution in [3.63, 3.8) is 0 Å². The van der Waals surface area contributed by atoms with Crippen molar-refractivity contribution in [2.45, 2.75) is 0 Å². The summed E-state index contributed by atoms with van der Waals surface area (Å²) in [5.41, 5.74) is 0.979. The van der Waals surface area contributed by atoms with Gasteiger partial charge in [0, 0.05) is 19.3 Å². The van der Waals surface area contributed by atoms with Gasteiger partial charge in [-0.3, -0.25) is 4.52 Å². The Kier molecular flexibility index (Phi) is 4.29. The summed E-state index contributed by atoms with van der Waals surface area (Å²) >= 11 is 0. The van der Waals surface area contributed by atoms with Gasteiger partial charge in [0.05, 0.1) is 6.61 Å². The zero-order valence-electron chi connectivity index (χ0n) is 8.41. The fourth-order valence-electron chi connectivity index (χ4n) is 1.11. The quantitative estimate of drug-likeness (QED) is 0.746. The van der Waals surface area contributed by atoms with Gasteiger partial charge in [-0.25, -0.2) is 4.57 Å². The van der Waals surface area contributed by atoms with Crippen molar-refractivity contribution in [2.24, 2.45) is 0 Å². The van der Waals surface area contributed by atoms with Crippen molar-refractivity contribution >= 4 is 13.5 Å². The molecule has 1 aromatic rings. The van der Waals surface area contributed by atoms with Crippen molar-refractivity contribution in [3.05, 3.63) is 30.3 Å². The van der Waals surface area contributed by atoms with E-state index in [2.05, 4.69) is 4.52 Å². The van der Waals surface area contributed by atoms with Crippen LogP contribution in [0.4, 0.5) is 5.69 Å². The third kappa shape index (κ3) is 4.95. The molecule has 0 heterocycles. The fourth-order valence-corrected chi connectivity index (χ4v) is 1.43. The van der Waals surface area contributed by atoms with Crippen molar-refractivity contribution in [2.75, 3.05) is 25.1 Å². The minimum atomic E-state index is -4.34. The van der Waals surface area contributed by atoms with Gasteiger partial charge >= 0.3 is 7.82 Å². The highest BCUT2D eigenvalue weighted by Crippen LogP contribution is 2.35. The predicted octanol–water partition coefficient (Wildman–Crippen LogP) is 1.23. The van der Waals surface area contributed by atoms with E-state index in [1.165, 1.54) is 0 Å². The number of rotatable bonds is 5. The highest BCUT2D eigenvalue weighted by molar-refractivity contribution is 7.46. The van der Waals surface area contributed by atoms with Gasteiger partial charge < -0.3 is 14.7 Å². The molecule has 0 aromatic heterocycles. The van der Waals surface area contributed by atoms with Gasteiger partial charge in [0.2, 0.25) is 0 Å². The minimum Gasteiger partial charge on any atom is -0.372 e. The van der Waals surface area contributed by atoms with Crippen molar-refractivity contribution in [1.82, 2.24) is 0 Å². The Labute approximate surface area is 88.5 Å². The van der Waals surface area contributed by atoms with E-state index in [1.54, 1.807) is 0 Å². The number of anilines is 1. The van der Waals surface area contributed by atoms with Gasteiger partial charge in [-0.15, -0.1) is 0 Å². The van der Waals surface area contributed by atoms with E-state index >= 15 is 0 Å². The van der Waals surface area contributed by atoms with Crippen LogP contribution in [-0.4, -0.2) is 30.0 Å². The smallest absolute Gasteiger partial charge is 0.372 e. The van der Waals surface area contributed by atoms with E-state index < -0.39 is 7.82 Å².